The summed E-state index contributed by atoms with van der Waals surface area (Å²) in [6, 6.07) is 18.0. The minimum absolute atomic E-state index is 0.108. The van der Waals surface area contributed by atoms with E-state index < -0.39 is 0 Å². The van der Waals surface area contributed by atoms with Gasteiger partial charge in [-0.05, 0) is 60.9 Å². The minimum atomic E-state index is 0.108. The number of hydrogen-bond acceptors (Lipinski definition) is 0. The molecule has 1 aromatic heterocycles. The maximum atomic E-state index is 6.21. The second-order valence-corrected chi connectivity index (χ2v) is 6.87. The van der Waals surface area contributed by atoms with Crippen LogP contribution < -0.4 is 0 Å². The van der Waals surface area contributed by atoms with Gasteiger partial charge in [-0.2, -0.15) is 0 Å². The molecule has 1 atom stereocenters. The van der Waals surface area contributed by atoms with E-state index in [4.69, 9.17) is 23.2 Å². The van der Waals surface area contributed by atoms with Gasteiger partial charge in [-0.25, -0.2) is 0 Å². The van der Waals surface area contributed by atoms with Crippen molar-refractivity contribution in [1.82, 2.24) is 4.98 Å². The van der Waals surface area contributed by atoms with Gasteiger partial charge in [-0.15, -0.1) is 0 Å². The van der Waals surface area contributed by atoms with Crippen molar-refractivity contribution in [2.24, 2.45) is 0 Å². The van der Waals surface area contributed by atoms with Crippen molar-refractivity contribution in [2.75, 3.05) is 0 Å². The highest BCUT2D eigenvalue weighted by molar-refractivity contribution is 6.31. The first-order chi connectivity index (χ1) is 11.5. The number of aryl methyl sites for hydroxylation is 2. The molecule has 0 aliphatic carbocycles. The monoisotopic (exact) mass is 355 g/mol. The second kappa shape index (κ2) is 7.29. The zero-order valence-electron chi connectivity index (χ0n) is 13.7. The molecule has 0 aliphatic rings. The normalized spacial score (nSPS) is 12.7. The molecule has 2 aromatic carbocycles. The third-order valence-corrected chi connectivity index (χ3v) is 4.51. The highest BCUT2D eigenvalue weighted by atomic mass is 35.5. The van der Waals surface area contributed by atoms with Crippen LogP contribution in [0.15, 0.2) is 60.7 Å². The number of nitrogens with one attached hydrogen (secondary N) is 1. The molecule has 0 saturated heterocycles. The van der Waals surface area contributed by atoms with Gasteiger partial charge < -0.3 is 4.98 Å². The molecule has 1 nitrogen and oxygen atoms in total. The molecular formula is C21H19Cl2N. The average Bonchev–Trinajstić information content (AvgIpc) is 2.86. The van der Waals surface area contributed by atoms with Crippen LogP contribution in [0.1, 0.15) is 34.0 Å². The zero-order chi connectivity index (χ0) is 17.1. The van der Waals surface area contributed by atoms with Crippen LogP contribution in [-0.2, 0) is 0 Å². The number of aromatic amines is 1. The third kappa shape index (κ3) is 3.92. The Hall–Kier alpha value is -1.96. The Kier molecular flexibility index (Phi) is 5.13. The molecule has 0 saturated carbocycles. The molecule has 0 aliphatic heterocycles. The fourth-order valence-electron chi connectivity index (χ4n) is 2.96. The van der Waals surface area contributed by atoms with Gasteiger partial charge in [-0.3, -0.25) is 0 Å². The summed E-state index contributed by atoms with van der Waals surface area (Å²) >= 11 is 12.3. The molecule has 0 spiro atoms. The maximum Gasteiger partial charge on any atom is 0.0427 e. The summed E-state index contributed by atoms with van der Waals surface area (Å²) in [5, 5.41) is 1.48. The van der Waals surface area contributed by atoms with Crippen LogP contribution >= 0.6 is 23.2 Å². The highest BCUT2D eigenvalue weighted by Gasteiger charge is 2.16. The van der Waals surface area contributed by atoms with Crippen molar-refractivity contribution < 1.29 is 0 Å². The average molecular weight is 356 g/mol. The van der Waals surface area contributed by atoms with Gasteiger partial charge in [-0.1, -0.05) is 59.6 Å². The molecule has 0 bridgehead atoms. The smallest absolute Gasteiger partial charge is 0.0427 e. The Bertz CT molecular complexity index is 877. The Labute approximate surface area is 152 Å². The number of allylic oxidation sites excluding steroid dienone is 1. The molecule has 1 unspecified atom stereocenters. The van der Waals surface area contributed by atoms with E-state index in [9.17, 15) is 0 Å². The number of aromatic nitrogens is 1. The van der Waals surface area contributed by atoms with E-state index in [1.165, 1.54) is 11.3 Å². The van der Waals surface area contributed by atoms with E-state index in [1.54, 1.807) is 0 Å². The van der Waals surface area contributed by atoms with Gasteiger partial charge >= 0.3 is 0 Å². The van der Waals surface area contributed by atoms with Crippen LogP contribution in [0.3, 0.4) is 0 Å². The molecule has 3 aromatic rings. The number of rotatable bonds is 4. The number of H-pyrrole nitrogens is 1. The molecule has 0 radical (unpaired) electrons. The summed E-state index contributed by atoms with van der Waals surface area (Å²) in [6.07, 6.45) is 4.29. The SMILES string of the molecule is Cc1cc(C)c(C(/C=C/c2cccc(Cl)c2)c2cccc(Cl)c2)[nH]1. The zero-order valence-corrected chi connectivity index (χ0v) is 15.2. The van der Waals surface area contributed by atoms with Gasteiger partial charge in [0.05, 0.1) is 0 Å². The molecule has 3 heteroatoms. The van der Waals surface area contributed by atoms with E-state index in [0.717, 1.165) is 26.9 Å². The molecule has 3 rings (SSSR count). The third-order valence-electron chi connectivity index (χ3n) is 4.04. The second-order valence-electron chi connectivity index (χ2n) is 6.00. The first kappa shape index (κ1) is 16.9. The predicted octanol–water partition coefficient (Wildman–Crippen LogP) is 6.78. The minimum Gasteiger partial charge on any atom is -0.362 e. The van der Waals surface area contributed by atoms with Gasteiger partial charge in [0, 0.05) is 27.4 Å². The summed E-state index contributed by atoms with van der Waals surface area (Å²) in [5.74, 6) is 0.108. The summed E-state index contributed by atoms with van der Waals surface area (Å²) < 4.78 is 0. The molecular weight excluding hydrogens is 337 g/mol. The van der Waals surface area contributed by atoms with Crippen LogP contribution in [0, 0.1) is 13.8 Å². The number of benzene rings is 2. The van der Waals surface area contributed by atoms with Crippen molar-refractivity contribution in [3.05, 3.63) is 98.8 Å². The van der Waals surface area contributed by atoms with E-state index in [1.807, 2.05) is 42.5 Å². The highest BCUT2D eigenvalue weighted by Crippen LogP contribution is 2.30. The van der Waals surface area contributed by atoms with Gasteiger partial charge in [0.1, 0.15) is 0 Å². The lowest BCUT2D eigenvalue weighted by atomic mass is 9.92. The van der Waals surface area contributed by atoms with Crippen molar-refractivity contribution in [2.45, 2.75) is 19.8 Å². The molecule has 1 N–H and O–H groups in total. The Morgan fingerprint density at radius 1 is 0.917 bits per heavy atom. The van der Waals surface area contributed by atoms with E-state index >= 15 is 0 Å². The van der Waals surface area contributed by atoms with E-state index in [2.05, 4.69) is 43.1 Å². The lowest BCUT2D eigenvalue weighted by molar-refractivity contribution is 0.954. The van der Waals surface area contributed by atoms with Crippen molar-refractivity contribution in [3.63, 3.8) is 0 Å². The quantitative estimate of drug-likeness (QED) is 0.530. The standard InChI is InChI=1S/C21H19Cl2N/c1-14-11-15(2)24-21(14)20(17-6-4-8-19(23)13-17)10-9-16-5-3-7-18(22)12-16/h3-13,20,24H,1-2H3/b10-9+. The van der Waals surface area contributed by atoms with Gasteiger partial charge in [0.15, 0.2) is 0 Å². The molecule has 0 amide bonds. The van der Waals surface area contributed by atoms with Crippen molar-refractivity contribution >= 4 is 29.3 Å². The summed E-state index contributed by atoms with van der Waals surface area (Å²) in [7, 11) is 0. The van der Waals surface area contributed by atoms with Gasteiger partial charge in [0.2, 0.25) is 0 Å². The Morgan fingerprint density at radius 2 is 1.62 bits per heavy atom. The fourth-order valence-corrected chi connectivity index (χ4v) is 3.36. The lowest BCUT2D eigenvalue weighted by Crippen LogP contribution is -2.00. The van der Waals surface area contributed by atoms with Crippen molar-refractivity contribution in [1.29, 1.82) is 0 Å². The van der Waals surface area contributed by atoms with E-state index in [0.29, 0.717) is 0 Å². The largest absolute Gasteiger partial charge is 0.362 e. The molecule has 24 heavy (non-hydrogen) atoms. The Balaban J connectivity index is 2.03. The van der Waals surface area contributed by atoms with Crippen molar-refractivity contribution in [3.8, 4) is 0 Å². The van der Waals surface area contributed by atoms with Crippen LogP contribution in [0.2, 0.25) is 10.0 Å². The number of halogens is 2. The number of hydrogen-bond donors (Lipinski definition) is 1. The molecule has 122 valence electrons. The van der Waals surface area contributed by atoms with Crippen LogP contribution in [0.25, 0.3) is 6.08 Å². The first-order valence-corrected chi connectivity index (χ1v) is 8.64. The summed E-state index contributed by atoms with van der Waals surface area (Å²) in [4.78, 5) is 3.49. The Morgan fingerprint density at radius 3 is 2.25 bits per heavy atom. The summed E-state index contributed by atoms with van der Waals surface area (Å²) in [5.41, 5.74) is 5.83. The topological polar surface area (TPSA) is 15.8 Å². The van der Waals surface area contributed by atoms with Gasteiger partial charge in [0.25, 0.3) is 0 Å². The molecule has 1 heterocycles. The fraction of sp³-hybridized carbons (Fsp3) is 0.143. The van der Waals surface area contributed by atoms with Crippen LogP contribution in [0.5, 0.6) is 0 Å². The van der Waals surface area contributed by atoms with Crippen LogP contribution in [0.4, 0.5) is 0 Å². The van der Waals surface area contributed by atoms with Crippen LogP contribution in [-0.4, -0.2) is 4.98 Å². The van der Waals surface area contributed by atoms with E-state index in [-0.39, 0.29) is 5.92 Å². The maximum absolute atomic E-state index is 6.21. The molecule has 0 fully saturated rings. The summed E-state index contributed by atoms with van der Waals surface area (Å²) in [6.45, 7) is 4.20. The predicted molar refractivity (Wildman–Crippen MR) is 104 cm³/mol. The lowest BCUT2D eigenvalue weighted by Gasteiger charge is -2.14. The first-order valence-electron chi connectivity index (χ1n) is 7.88.